The van der Waals surface area contributed by atoms with Gasteiger partial charge in [0.2, 0.25) is 0 Å². The molecule has 0 aliphatic rings. The zero-order chi connectivity index (χ0) is 14.1. The largest absolute Gasteiger partial charge is 0.477 e. The van der Waals surface area contributed by atoms with Gasteiger partial charge in [0.05, 0.1) is 5.69 Å². The molecule has 1 aromatic heterocycles. The molecular formula is C16H13NO2S. The third-order valence-corrected chi connectivity index (χ3v) is 4.36. The molecule has 1 heterocycles. The average molecular weight is 283 g/mol. The molecule has 3 nitrogen and oxygen atoms in total. The van der Waals surface area contributed by atoms with Gasteiger partial charge in [0, 0.05) is 5.56 Å². The number of hydrogen-bond donors (Lipinski definition) is 1. The normalized spacial score (nSPS) is 10.8. The maximum Gasteiger partial charge on any atom is 0.347 e. The van der Waals surface area contributed by atoms with Gasteiger partial charge in [-0.1, -0.05) is 43.3 Å². The zero-order valence-electron chi connectivity index (χ0n) is 11.0. The summed E-state index contributed by atoms with van der Waals surface area (Å²) in [4.78, 5) is 16.0. The number of thiazole rings is 1. The van der Waals surface area contributed by atoms with E-state index in [1.165, 1.54) is 16.7 Å². The van der Waals surface area contributed by atoms with Crippen molar-refractivity contribution in [2.75, 3.05) is 0 Å². The van der Waals surface area contributed by atoms with Crippen molar-refractivity contribution in [2.45, 2.75) is 13.3 Å². The van der Waals surface area contributed by atoms with Gasteiger partial charge in [0.25, 0.3) is 0 Å². The molecule has 0 saturated carbocycles. The molecule has 1 N–H and O–H groups in total. The van der Waals surface area contributed by atoms with Crippen molar-refractivity contribution < 1.29 is 9.90 Å². The van der Waals surface area contributed by atoms with Gasteiger partial charge in [0.15, 0.2) is 0 Å². The molecule has 0 radical (unpaired) electrons. The monoisotopic (exact) mass is 283 g/mol. The number of aromatic nitrogens is 1. The fourth-order valence-corrected chi connectivity index (χ4v) is 3.19. The SMILES string of the molecule is CCc1nc(-c2ccc3ccccc3c2)sc1C(=O)O. The quantitative estimate of drug-likeness (QED) is 0.782. The molecule has 0 unspecified atom stereocenters. The maximum absolute atomic E-state index is 11.2. The Morgan fingerprint density at radius 2 is 1.95 bits per heavy atom. The van der Waals surface area contributed by atoms with Crippen LogP contribution < -0.4 is 0 Å². The van der Waals surface area contributed by atoms with E-state index >= 15 is 0 Å². The second kappa shape index (κ2) is 5.06. The van der Waals surface area contributed by atoms with Gasteiger partial charge in [0.1, 0.15) is 9.88 Å². The average Bonchev–Trinajstić information content (AvgIpc) is 2.91. The number of carboxylic acid groups (broad SMARTS) is 1. The van der Waals surface area contributed by atoms with Gasteiger partial charge < -0.3 is 5.11 Å². The molecule has 0 fully saturated rings. The van der Waals surface area contributed by atoms with E-state index in [1.54, 1.807) is 0 Å². The summed E-state index contributed by atoms with van der Waals surface area (Å²) in [6.45, 7) is 1.92. The predicted molar refractivity (Wildman–Crippen MR) is 81.4 cm³/mol. The van der Waals surface area contributed by atoms with Crippen LogP contribution in [0.3, 0.4) is 0 Å². The van der Waals surface area contributed by atoms with Crippen LogP contribution in [-0.2, 0) is 6.42 Å². The summed E-state index contributed by atoms with van der Waals surface area (Å²) in [5, 5.41) is 12.3. The summed E-state index contributed by atoms with van der Waals surface area (Å²) < 4.78 is 0. The molecule has 2 aromatic carbocycles. The molecule has 4 heteroatoms. The van der Waals surface area contributed by atoms with E-state index in [9.17, 15) is 9.90 Å². The van der Waals surface area contributed by atoms with E-state index in [-0.39, 0.29) is 0 Å². The number of rotatable bonds is 3. The van der Waals surface area contributed by atoms with Gasteiger partial charge >= 0.3 is 5.97 Å². The number of benzene rings is 2. The molecule has 0 atom stereocenters. The predicted octanol–water partition coefficient (Wildman–Crippen LogP) is 4.22. The highest BCUT2D eigenvalue weighted by Gasteiger charge is 2.16. The van der Waals surface area contributed by atoms with Crippen LogP contribution in [0.25, 0.3) is 21.3 Å². The summed E-state index contributed by atoms with van der Waals surface area (Å²) in [5.74, 6) is -0.897. The summed E-state index contributed by atoms with van der Waals surface area (Å²) in [6, 6.07) is 14.2. The Morgan fingerprint density at radius 1 is 1.20 bits per heavy atom. The van der Waals surface area contributed by atoms with Crippen molar-refractivity contribution >= 4 is 28.1 Å². The van der Waals surface area contributed by atoms with Crippen molar-refractivity contribution in [1.82, 2.24) is 4.98 Å². The molecular weight excluding hydrogens is 270 g/mol. The third kappa shape index (κ3) is 2.18. The van der Waals surface area contributed by atoms with E-state index in [4.69, 9.17) is 0 Å². The molecule has 3 aromatic rings. The standard InChI is InChI=1S/C16H13NO2S/c1-2-13-14(16(18)19)20-15(17-13)12-8-7-10-5-3-4-6-11(10)9-12/h3-9H,2H2,1H3,(H,18,19). The fraction of sp³-hybridized carbons (Fsp3) is 0.125. The molecule has 0 saturated heterocycles. The van der Waals surface area contributed by atoms with Crippen LogP contribution in [0.2, 0.25) is 0 Å². The van der Waals surface area contributed by atoms with Crippen molar-refractivity contribution in [3.05, 3.63) is 53.0 Å². The van der Waals surface area contributed by atoms with E-state index in [0.29, 0.717) is 17.0 Å². The Bertz CT molecular complexity index is 792. The van der Waals surface area contributed by atoms with Gasteiger partial charge in [-0.15, -0.1) is 11.3 Å². The first kappa shape index (κ1) is 12.8. The van der Waals surface area contributed by atoms with Gasteiger partial charge in [-0.2, -0.15) is 0 Å². The number of carbonyl (C=O) groups is 1. The summed E-state index contributed by atoms with van der Waals surface area (Å²) in [7, 11) is 0. The van der Waals surface area contributed by atoms with Crippen molar-refractivity contribution in [1.29, 1.82) is 0 Å². The Hall–Kier alpha value is -2.20. The van der Waals surface area contributed by atoms with Gasteiger partial charge in [-0.25, -0.2) is 9.78 Å². The first-order chi connectivity index (χ1) is 9.69. The number of aryl methyl sites for hydroxylation is 1. The summed E-state index contributed by atoms with van der Waals surface area (Å²) in [6.07, 6.45) is 0.631. The molecule has 0 spiro atoms. The second-order valence-electron chi connectivity index (χ2n) is 4.52. The molecule has 0 aliphatic heterocycles. The smallest absolute Gasteiger partial charge is 0.347 e. The number of hydrogen-bond acceptors (Lipinski definition) is 3. The Kier molecular flexibility index (Phi) is 3.24. The van der Waals surface area contributed by atoms with Crippen LogP contribution in [0, 0.1) is 0 Å². The van der Waals surface area contributed by atoms with E-state index in [0.717, 1.165) is 16.0 Å². The lowest BCUT2D eigenvalue weighted by Gasteiger charge is -2.00. The van der Waals surface area contributed by atoms with Crippen LogP contribution in [0.1, 0.15) is 22.3 Å². The maximum atomic E-state index is 11.2. The van der Waals surface area contributed by atoms with E-state index in [2.05, 4.69) is 17.1 Å². The van der Waals surface area contributed by atoms with Crippen LogP contribution in [0.15, 0.2) is 42.5 Å². The van der Waals surface area contributed by atoms with Crippen molar-refractivity contribution in [2.24, 2.45) is 0 Å². The lowest BCUT2D eigenvalue weighted by molar-refractivity contribution is 0.0701. The minimum atomic E-state index is -0.897. The third-order valence-electron chi connectivity index (χ3n) is 3.22. The molecule has 100 valence electrons. The highest BCUT2D eigenvalue weighted by molar-refractivity contribution is 7.17. The van der Waals surface area contributed by atoms with Crippen LogP contribution >= 0.6 is 11.3 Å². The first-order valence-corrected chi connectivity index (χ1v) is 7.23. The van der Waals surface area contributed by atoms with Crippen molar-refractivity contribution in [3.63, 3.8) is 0 Å². The van der Waals surface area contributed by atoms with Crippen molar-refractivity contribution in [3.8, 4) is 10.6 Å². The lowest BCUT2D eigenvalue weighted by Crippen LogP contribution is -1.97. The van der Waals surface area contributed by atoms with Gasteiger partial charge in [-0.05, 0) is 23.3 Å². The second-order valence-corrected chi connectivity index (χ2v) is 5.51. The zero-order valence-corrected chi connectivity index (χ0v) is 11.8. The Balaban J connectivity index is 2.13. The lowest BCUT2D eigenvalue weighted by atomic mass is 10.1. The highest BCUT2D eigenvalue weighted by atomic mass is 32.1. The van der Waals surface area contributed by atoms with E-state index < -0.39 is 5.97 Å². The Labute approximate surface area is 120 Å². The number of nitrogens with zero attached hydrogens (tertiary/aromatic N) is 1. The number of aromatic carboxylic acids is 1. The molecule has 0 amide bonds. The van der Waals surface area contributed by atoms with E-state index in [1.807, 2.05) is 37.3 Å². The van der Waals surface area contributed by atoms with Crippen LogP contribution in [0.4, 0.5) is 0 Å². The highest BCUT2D eigenvalue weighted by Crippen LogP contribution is 2.30. The summed E-state index contributed by atoms with van der Waals surface area (Å²) in [5.41, 5.74) is 1.63. The minimum Gasteiger partial charge on any atom is -0.477 e. The number of carboxylic acids is 1. The Morgan fingerprint density at radius 3 is 2.60 bits per heavy atom. The molecule has 3 rings (SSSR count). The molecule has 20 heavy (non-hydrogen) atoms. The van der Waals surface area contributed by atoms with Crippen LogP contribution in [-0.4, -0.2) is 16.1 Å². The topological polar surface area (TPSA) is 50.2 Å². The first-order valence-electron chi connectivity index (χ1n) is 6.41. The summed E-state index contributed by atoms with van der Waals surface area (Å²) >= 11 is 1.24. The van der Waals surface area contributed by atoms with Gasteiger partial charge in [-0.3, -0.25) is 0 Å². The van der Waals surface area contributed by atoms with Crippen LogP contribution in [0.5, 0.6) is 0 Å². The minimum absolute atomic E-state index is 0.343. The fourth-order valence-electron chi connectivity index (χ4n) is 2.20. The molecule has 0 aliphatic carbocycles. The molecule has 0 bridgehead atoms. The number of fused-ring (bicyclic) bond motifs is 1.